The Morgan fingerprint density at radius 1 is 1.10 bits per heavy atom. The highest BCUT2D eigenvalue weighted by Crippen LogP contribution is 2.32. The summed E-state index contributed by atoms with van der Waals surface area (Å²) in [6.07, 6.45) is 4.46. The van der Waals surface area contributed by atoms with Crippen LogP contribution in [-0.2, 0) is 21.3 Å². The molecule has 4 aromatic rings. The maximum Gasteiger partial charge on any atom is 0.410 e. The monoisotopic (exact) mass is 657 g/mol. The molecule has 1 aliphatic rings. The van der Waals surface area contributed by atoms with Crippen molar-refractivity contribution in [2.75, 3.05) is 18.0 Å². The van der Waals surface area contributed by atoms with Crippen molar-refractivity contribution in [1.29, 1.82) is 0 Å². The van der Waals surface area contributed by atoms with Crippen LogP contribution >= 0.6 is 0 Å². The van der Waals surface area contributed by atoms with Gasteiger partial charge in [-0.05, 0) is 75.1 Å². The molecule has 0 aliphatic carbocycles. The van der Waals surface area contributed by atoms with Gasteiger partial charge < -0.3 is 14.4 Å². The normalized spacial score (nSPS) is 15.6. The summed E-state index contributed by atoms with van der Waals surface area (Å²) in [5.74, 6) is 0.306. The average Bonchev–Trinajstić information content (AvgIpc) is 3.70. The second-order valence-corrected chi connectivity index (χ2v) is 12.8. The van der Waals surface area contributed by atoms with Crippen LogP contribution in [-0.4, -0.2) is 82.6 Å². The molecule has 14 nitrogen and oxygen atoms in total. The number of aryl methyl sites for hydroxylation is 2. The van der Waals surface area contributed by atoms with Gasteiger partial charge in [0.05, 0.1) is 12.2 Å². The van der Waals surface area contributed by atoms with Crippen molar-refractivity contribution in [1.82, 2.24) is 39.9 Å². The van der Waals surface area contributed by atoms with Crippen molar-refractivity contribution in [2.45, 2.75) is 85.1 Å². The standard InChI is InChI=1S/C34H43N9O5/c1-8-27(47-28(44)9-2)43-38-30(37-39-43)29-26(20-36-40(29)7)23-14-16-24(17-15-23)32(45)42(31-22(3)12-10-18-35-31)25-13-11-19-41(21-25)33(46)48-34(4,5)6/h10,12,14-18,20,25,27H,8-9,11,13,19,21H2,1-7H3/t25-,27?/m1/s1. The highest BCUT2D eigenvalue weighted by molar-refractivity contribution is 6.06. The van der Waals surface area contributed by atoms with Crippen LogP contribution in [0.2, 0.25) is 0 Å². The van der Waals surface area contributed by atoms with Gasteiger partial charge in [-0.25, -0.2) is 9.78 Å². The van der Waals surface area contributed by atoms with E-state index in [-0.39, 0.29) is 24.3 Å². The minimum Gasteiger partial charge on any atom is -0.444 e. The molecular formula is C34H43N9O5. The smallest absolute Gasteiger partial charge is 0.410 e. The van der Waals surface area contributed by atoms with Crippen molar-refractivity contribution in [3.63, 3.8) is 0 Å². The first-order valence-corrected chi connectivity index (χ1v) is 16.2. The number of esters is 1. The molecule has 1 fully saturated rings. The van der Waals surface area contributed by atoms with Crippen LogP contribution in [0.15, 0.2) is 48.8 Å². The molecule has 1 aromatic carbocycles. The van der Waals surface area contributed by atoms with E-state index >= 15 is 0 Å². The van der Waals surface area contributed by atoms with E-state index in [0.29, 0.717) is 48.8 Å². The molecule has 1 aliphatic heterocycles. The Bertz CT molecular complexity index is 1760. The van der Waals surface area contributed by atoms with E-state index in [1.165, 1.54) is 4.80 Å². The Kier molecular flexibility index (Phi) is 10.2. The number of benzene rings is 1. The van der Waals surface area contributed by atoms with Gasteiger partial charge in [-0.1, -0.05) is 32.0 Å². The van der Waals surface area contributed by atoms with Gasteiger partial charge in [0.15, 0.2) is 0 Å². The lowest BCUT2D eigenvalue weighted by Crippen LogP contribution is -2.53. The second-order valence-electron chi connectivity index (χ2n) is 12.8. The molecule has 1 saturated heterocycles. The van der Waals surface area contributed by atoms with Gasteiger partial charge in [-0.2, -0.15) is 5.10 Å². The largest absolute Gasteiger partial charge is 0.444 e. The molecule has 254 valence electrons. The number of pyridine rings is 1. The van der Waals surface area contributed by atoms with Crippen molar-refractivity contribution in [2.24, 2.45) is 7.05 Å². The molecule has 0 saturated carbocycles. The molecule has 1 unspecified atom stereocenters. The molecule has 5 rings (SSSR count). The van der Waals surface area contributed by atoms with Gasteiger partial charge in [0.2, 0.25) is 12.1 Å². The maximum absolute atomic E-state index is 14.3. The summed E-state index contributed by atoms with van der Waals surface area (Å²) < 4.78 is 12.8. The van der Waals surface area contributed by atoms with Crippen molar-refractivity contribution < 1.29 is 23.9 Å². The lowest BCUT2D eigenvalue weighted by molar-refractivity contribution is -0.155. The summed E-state index contributed by atoms with van der Waals surface area (Å²) in [4.78, 5) is 48.5. The third-order valence-electron chi connectivity index (χ3n) is 8.03. The molecule has 4 heterocycles. The predicted molar refractivity (Wildman–Crippen MR) is 178 cm³/mol. The van der Waals surface area contributed by atoms with E-state index in [1.54, 1.807) is 53.0 Å². The van der Waals surface area contributed by atoms with E-state index < -0.39 is 17.9 Å². The predicted octanol–water partition coefficient (Wildman–Crippen LogP) is 5.35. The number of aromatic nitrogens is 7. The molecule has 0 radical (unpaired) electrons. The topological polar surface area (TPSA) is 150 Å². The highest BCUT2D eigenvalue weighted by Gasteiger charge is 2.35. The summed E-state index contributed by atoms with van der Waals surface area (Å²) in [5, 5.41) is 17.3. The van der Waals surface area contributed by atoms with Gasteiger partial charge in [-0.3, -0.25) is 19.2 Å². The van der Waals surface area contributed by atoms with Crippen molar-refractivity contribution in [3.8, 4) is 22.6 Å². The number of hydrogen-bond donors (Lipinski definition) is 0. The number of amides is 2. The molecular weight excluding hydrogens is 614 g/mol. The van der Waals surface area contributed by atoms with Gasteiger partial charge >= 0.3 is 12.1 Å². The highest BCUT2D eigenvalue weighted by atomic mass is 16.6. The number of ether oxygens (including phenoxy) is 2. The molecule has 48 heavy (non-hydrogen) atoms. The number of likely N-dealkylation sites (tertiary alicyclic amines) is 1. The first-order chi connectivity index (χ1) is 22.9. The molecule has 14 heteroatoms. The molecule has 0 N–H and O–H groups in total. The van der Waals surface area contributed by atoms with Crippen LogP contribution in [0.3, 0.4) is 0 Å². The Morgan fingerprint density at radius 2 is 1.85 bits per heavy atom. The third-order valence-corrected chi connectivity index (χ3v) is 8.03. The van der Waals surface area contributed by atoms with E-state index in [4.69, 9.17) is 9.47 Å². The number of tetrazole rings is 1. The first kappa shape index (κ1) is 34.2. The van der Waals surface area contributed by atoms with Crippen LogP contribution in [0, 0.1) is 6.92 Å². The number of hydrogen-bond acceptors (Lipinski definition) is 10. The lowest BCUT2D eigenvalue weighted by atomic mass is 10.0. The summed E-state index contributed by atoms with van der Waals surface area (Å²) in [5.41, 5.74) is 2.86. The zero-order chi connectivity index (χ0) is 34.6. The molecule has 3 aromatic heterocycles. The molecule has 2 amide bonds. The Morgan fingerprint density at radius 3 is 2.52 bits per heavy atom. The van der Waals surface area contributed by atoms with E-state index in [1.807, 2.05) is 58.9 Å². The minimum atomic E-state index is -0.674. The minimum absolute atomic E-state index is 0.220. The molecule has 0 spiro atoms. The van der Waals surface area contributed by atoms with Crippen LogP contribution in [0.25, 0.3) is 22.6 Å². The van der Waals surface area contributed by atoms with Crippen molar-refractivity contribution >= 4 is 23.8 Å². The van der Waals surface area contributed by atoms with Gasteiger partial charge in [0, 0.05) is 50.3 Å². The summed E-state index contributed by atoms with van der Waals surface area (Å²) >= 11 is 0. The quantitative estimate of drug-likeness (QED) is 0.216. The van der Waals surface area contributed by atoms with Crippen LogP contribution in [0.1, 0.15) is 82.5 Å². The number of nitrogens with zero attached hydrogens (tertiary/aromatic N) is 9. The SMILES string of the molecule is CCC(=O)OC(CC)n1nnc(-c2c(-c3ccc(C(=O)N(c4ncccc4C)[C@@H]4CCCN(C(=O)OC(C)(C)C)C4)cc3)cnn2C)n1. The second kappa shape index (κ2) is 14.3. The van der Waals surface area contributed by atoms with E-state index in [9.17, 15) is 14.4 Å². The third kappa shape index (κ3) is 7.53. The Balaban J connectivity index is 1.42. The van der Waals surface area contributed by atoms with Crippen LogP contribution < -0.4 is 4.90 Å². The zero-order valence-corrected chi connectivity index (χ0v) is 28.6. The van der Waals surface area contributed by atoms with E-state index in [2.05, 4.69) is 25.5 Å². The van der Waals surface area contributed by atoms with Crippen molar-refractivity contribution in [3.05, 3.63) is 59.9 Å². The van der Waals surface area contributed by atoms with Crippen LogP contribution in [0.4, 0.5) is 10.6 Å². The van der Waals surface area contributed by atoms with Gasteiger partial charge in [-0.15, -0.1) is 15.0 Å². The lowest BCUT2D eigenvalue weighted by Gasteiger charge is -2.39. The fourth-order valence-electron chi connectivity index (χ4n) is 5.64. The fraction of sp³-hybridized carbons (Fsp3) is 0.471. The van der Waals surface area contributed by atoms with Crippen LogP contribution in [0.5, 0.6) is 0 Å². The zero-order valence-electron chi connectivity index (χ0n) is 28.6. The first-order valence-electron chi connectivity index (χ1n) is 16.2. The van der Waals surface area contributed by atoms with Gasteiger partial charge in [0.25, 0.3) is 5.91 Å². The number of carbonyl (C=O) groups is 3. The van der Waals surface area contributed by atoms with E-state index in [0.717, 1.165) is 23.1 Å². The molecule has 2 atom stereocenters. The van der Waals surface area contributed by atoms with Gasteiger partial charge in [0.1, 0.15) is 17.1 Å². The Labute approximate surface area is 280 Å². The molecule has 0 bridgehead atoms. The number of rotatable bonds is 9. The number of piperidine rings is 1. The summed E-state index contributed by atoms with van der Waals surface area (Å²) in [6.45, 7) is 11.9. The fourth-order valence-corrected chi connectivity index (χ4v) is 5.64. The average molecular weight is 658 g/mol. The summed E-state index contributed by atoms with van der Waals surface area (Å²) in [6, 6.07) is 10.7. The number of anilines is 1. The maximum atomic E-state index is 14.3. The summed E-state index contributed by atoms with van der Waals surface area (Å²) in [7, 11) is 1.78. The Hall–Kier alpha value is -5.14. The number of carbonyl (C=O) groups excluding carboxylic acids is 3.